The van der Waals surface area contributed by atoms with E-state index in [0.717, 1.165) is 11.1 Å². The Balaban J connectivity index is -0.0000000380. The quantitative estimate of drug-likeness (QED) is 0.300. The molecular weight excluding hydrogens is 368 g/mol. The Hall–Kier alpha value is -1.44. The molecule has 2 aromatic carbocycles. The minimum atomic E-state index is 0. The SMILES string of the molecule is C[c-]1[c-][c-][c-][c-]1.C[c-]1[c-][c-][c-][c-]1.[C-]#[O+].[C-]#[O+].[CH-]=O.[CH-]=O.[Fe+6].[Fe]. The molecule has 4 nitrogen and oxygen atoms in total. The van der Waals surface area contributed by atoms with Crippen molar-refractivity contribution in [3.8, 4) is 0 Å². The molecular formula is C16H8Fe2O4-6. The summed E-state index contributed by atoms with van der Waals surface area (Å²) in [5, 5.41) is 0. The smallest absolute Gasteiger partial charge is 0.545 e. The van der Waals surface area contributed by atoms with E-state index >= 15 is 0 Å². The van der Waals surface area contributed by atoms with E-state index in [-0.39, 0.29) is 34.1 Å². The molecule has 0 saturated heterocycles. The normalized spacial score (nSPS) is 5.36. The van der Waals surface area contributed by atoms with Gasteiger partial charge in [0, 0.05) is 17.1 Å². The summed E-state index contributed by atoms with van der Waals surface area (Å²) in [5.74, 6) is 0. The van der Waals surface area contributed by atoms with Gasteiger partial charge in [-0.05, 0) is 0 Å². The van der Waals surface area contributed by atoms with E-state index in [1.165, 1.54) is 0 Å². The zero-order chi connectivity index (χ0) is 16.8. The molecule has 2 aromatic rings. The molecule has 0 spiro atoms. The van der Waals surface area contributed by atoms with Crippen LogP contribution in [0.25, 0.3) is 0 Å². The first-order valence-corrected chi connectivity index (χ1v) is 4.38. The summed E-state index contributed by atoms with van der Waals surface area (Å²) in [7, 11) is 0. The van der Waals surface area contributed by atoms with E-state index in [4.69, 9.17) is 18.9 Å². The summed E-state index contributed by atoms with van der Waals surface area (Å²) in [6.07, 6.45) is 0. The third kappa shape index (κ3) is 36.3. The van der Waals surface area contributed by atoms with Crippen LogP contribution in [0.1, 0.15) is 11.1 Å². The summed E-state index contributed by atoms with van der Waals surface area (Å²) in [5.41, 5.74) is 1.96. The molecule has 0 fully saturated rings. The molecule has 22 heavy (non-hydrogen) atoms. The summed E-state index contributed by atoms with van der Waals surface area (Å²) in [6, 6.07) is 21.6. The fourth-order valence-electron chi connectivity index (χ4n) is 0.562. The molecule has 0 amide bonds. The molecule has 6 heteroatoms. The average molecular weight is 376 g/mol. The maximum Gasteiger partial charge on any atom is 6.00 e. The maximum atomic E-state index is 7.75. The largest absolute Gasteiger partial charge is 6.00 e. The Morgan fingerprint density at radius 1 is 0.682 bits per heavy atom. The average Bonchev–Trinajstić information content (AvgIpc) is 3.22. The van der Waals surface area contributed by atoms with Crippen molar-refractivity contribution in [3.63, 3.8) is 0 Å². The van der Waals surface area contributed by atoms with Crippen molar-refractivity contribution in [2.45, 2.75) is 13.8 Å². The molecule has 0 aromatic heterocycles. The molecule has 0 unspecified atom stereocenters. The Labute approximate surface area is 153 Å². The van der Waals surface area contributed by atoms with Crippen LogP contribution in [-0.4, -0.2) is 13.6 Å². The van der Waals surface area contributed by atoms with Crippen molar-refractivity contribution in [1.82, 2.24) is 0 Å². The van der Waals surface area contributed by atoms with Crippen LogP contribution in [0.5, 0.6) is 0 Å². The Morgan fingerprint density at radius 3 is 0.864 bits per heavy atom. The second kappa shape index (κ2) is 42.7. The van der Waals surface area contributed by atoms with Crippen molar-refractivity contribution in [2.24, 2.45) is 0 Å². The third-order valence-electron chi connectivity index (χ3n) is 1.12. The van der Waals surface area contributed by atoms with Crippen molar-refractivity contribution in [2.75, 3.05) is 0 Å². The summed E-state index contributed by atoms with van der Waals surface area (Å²) in [6.45, 7) is 19.3. The fourth-order valence-corrected chi connectivity index (χ4v) is 0.562. The molecule has 0 aliphatic heterocycles. The summed E-state index contributed by atoms with van der Waals surface area (Å²) < 4.78 is 15.0. The zero-order valence-electron chi connectivity index (χ0n) is 11.5. The van der Waals surface area contributed by atoms with Crippen LogP contribution in [0.3, 0.4) is 0 Å². The van der Waals surface area contributed by atoms with Gasteiger partial charge in [0.25, 0.3) is 0 Å². The topological polar surface area (TPSA) is 73.9 Å². The second-order valence-corrected chi connectivity index (χ2v) is 2.25. The van der Waals surface area contributed by atoms with E-state index < -0.39 is 0 Å². The van der Waals surface area contributed by atoms with Crippen molar-refractivity contribution in [1.29, 1.82) is 0 Å². The number of hydrogen-bond acceptors (Lipinski definition) is 2. The predicted molar refractivity (Wildman–Crippen MR) is 65.6 cm³/mol. The number of carbonyl (C=O) groups excluding carboxylic acids is 2. The van der Waals surface area contributed by atoms with E-state index in [9.17, 15) is 0 Å². The van der Waals surface area contributed by atoms with Gasteiger partial charge in [-0.25, -0.2) is 13.8 Å². The molecule has 0 bridgehead atoms. The van der Waals surface area contributed by atoms with Gasteiger partial charge in [0.15, 0.2) is 0 Å². The Kier molecular flexibility index (Phi) is 72.0. The van der Waals surface area contributed by atoms with Gasteiger partial charge >= 0.3 is 39.7 Å². The molecule has 2 rings (SSSR count). The van der Waals surface area contributed by atoms with Gasteiger partial charge in [0.2, 0.25) is 0 Å². The van der Waals surface area contributed by atoms with Gasteiger partial charge in [-0.15, -0.1) is 0 Å². The molecule has 0 aliphatic rings. The number of aryl methyl sites for hydroxylation is 2. The Bertz CT molecular complexity index is 352. The van der Waals surface area contributed by atoms with Crippen LogP contribution in [0, 0.1) is 75.7 Å². The van der Waals surface area contributed by atoms with Crippen molar-refractivity contribution >= 4 is 13.6 Å². The first kappa shape index (κ1) is 37.1. The first-order valence-electron chi connectivity index (χ1n) is 4.38. The Morgan fingerprint density at radius 2 is 0.818 bits per heavy atom. The van der Waals surface area contributed by atoms with Crippen LogP contribution in [-0.2, 0) is 53.0 Å². The maximum absolute atomic E-state index is 7.75. The van der Waals surface area contributed by atoms with Crippen LogP contribution >= 0.6 is 0 Å². The van der Waals surface area contributed by atoms with Crippen LogP contribution in [0.2, 0.25) is 0 Å². The van der Waals surface area contributed by atoms with Gasteiger partial charge in [-0.3, -0.25) is 13.6 Å². The fraction of sp³-hybridized carbons (Fsp3) is 0.125. The second-order valence-electron chi connectivity index (χ2n) is 2.25. The number of rotatable bonds is 0. The van der Waals surface area contributed by atoms with Gasteiger partial charge < -0.3 is 69.2 Å². The molecule has 0 saturated carbocycles. The molecule has 0 radical (unpaired) electrons. The van der Waals surface area contributed by atoms with Crippen molar-refractivity contribution in [3.05, 3.63) is 73.0 Å². The molecule has 0 atom stereocenters. The molecule has 0 aliphatic carbocycles. The van der Waals surface area contributed by atoms with Gasteiger partial charge in [0.05, 0.1) is 0 Å². The third-order valence-corrected chi connectivity index (χ3v) is 1.12. The summed E-state index contributed by atoms with van der Waals surface area (Å²) >= 11 is 0. The van der Waals surface area contributed by atoms with Gasteiger partial charge in [-0.2, -0.15) is 0 Å². The zero-order valence-corrected chi connectivity index (χ0v) is 13.7. The monoisotopic (exact) mass is 376 g/mol. The van der Waals surface area contributed by atoms with Gasteiger partial charge in [0.1, 0.15) is 0 Å². The molecule has 118 valence electrons. The number of hydrogen-bond donors (Lipinski definition) is 0. The molecule has 0 heterocycles. The van der Waals surface area contributed by atoms with E-state index in [1.807, 2.05) is 13.8 Å². The standard InChI is InChI=1S/2C6H3.2CHO.2CO.2Fe/c2*1-6-4-2-3-5-6;4*1-2;;/h2*1H3;2*1H;;;;/q2*-5;2*-1;;;;+6. The van der Waals surface area contributed by atoms with Crippen LogP contribution in [0.15, 0.2) is 0 Å². The summed E-state index contributed by atoms with van der Waals surface area (Å²) in [4.78, 5) is 15.5. The first-order chi connectivity index (χ1) is 9.79. The minimum Gasteiger partial charge on any atom is -0.545 e. The predicted octanol–water partition coefficient (Wildman–Crippen LogP) is 1.20. The van der Waals surface area contributed by atoms with Crippen LogP contribution in [0.4, 0.5) is 0 Å². The van der Waals surface area contributed by atoms with E-state index in [0.29, 0.717) is 0 Å². The van der Waals surface area contributed by atoms with Crippen molar-refractivity contribution < 1.29 is 53.0 Å². The van der Waals surface area contributed by atoms with E-state index in [1.54, 1.807) is 0 Å². The molecule has 0 N–H and O–H groups in total. The van der Waals surface area contributed by atoms with Crippen LogP contribution < -0.4 is 0 Å². The minimum absolute atomic E-state index is 0. The van der Waals surface area contributed by atoms with E-state index in [2.05, 4.69) is 75.4 Å². The van der Waals surface area contributed by atoms with Gasteiger partial charge in [-0.1, -0.05) is 0 Å².